The predicted molar refractivity (Wildman–Crippen MR) is 171 cm³/mol. The van der Waals surface area contributed by atoms with Crippen LogP contribution >= 0.6 is 11.3 Å². The van der Waals surface area contributed by atoms with Crippen molar-refractivity contribution in [3.63, 3.8) is 0 Å². The Bertz CT molecular complexity index is 2150. The maximum Gasteiger partial charge on any atom is 0.0434 e. The molecular formula is C38H24S. The summed E-state index contributed by atoms with van der Waals surface area (Å²) in [4.78, 5) is 0. The highest BCUT2D eigenvalue weighted by molar-refractivity contribution is 7.26. The highest BCUT2D eigenvalue weighted by Crippen LogP contribution is 2.49. The zero-order valence-corrected chi connectivity index (χ0v) is 22.1. The van der Waals surface area contributed by atoms with Gasteiger partial charge < -0.3 is 0 Å². The maximum absolute atomic E-state index is 2.32. The van der Waals surface area contributed by atoms with Gasteiger partial charge in [0, 0.05) is 25.7 Å². The van der Waals surface area contributed by atoms with Crippen LogP contribution in [0.1, 0.15) is 0 Å². The molecule has 39 heavy (non-hydrogen) atoms. The van der Waals surface area contributed by atoms with Crippen LogP contribution in [0.15, 0.2) is 146 Å². The van der Waals surface area contributed by atoms with Crippen molar-refractivity contribution in [1.82, 2.24) is 0 Å². The van der Waals surface area contributed by atoms with Gasteiger partial charge in [-0.2, -0.15) is 0 Å². The fourth-order valence-corrected chi connectivity index (χ4v) is 7.46. The van der Waals surface area contributed by atoms with Crippen LogP contribution in [0.2, 0.25) is 0 Å². The van der Waals surface area contributed by atoms with E-state index in [0.29, 0.717) is 0 Å². The van der Waals surface area contributed by atoms with E-state index in [2.05, 4.69) is 146 Å². The second-order valence-electron chi connectivity index (χ2n) is 10.0. The van der Waals surface area contributed by atoms with Gasteiger partial charge in [-0.1, -0.05) is 140 Å². The quantitative estimate of drug-likeness (QED) is 0.207. The number of fused-ring (bicyclic) bond motifs is 5. The minimum atomic E-state index is 1.24. The van der Waals surface area contributed by atoms with Gasteiger partial charge in [0.25, 0.3) is 0 Å². The average molecular weight is 513 g/mol. The van der Waals surface area contributed by atoms with Gasteiger partial charge in [0.2, 0.25) is 0 Å². The van der Waals surface area contributed by atoms with Crippen molar-refractivity contribution in [2.75, 3.05) is 0 Å². The highest BCUT2D eigenvalue weighted by Gasteiger charge is 2.20. The second-order valence-corrected chi connectivity index (χ2v) is 11.1. The first-order valence-electron chi connectivity index (χ1n) is 13.4. The molecule has 0 unspecified atom stereocenters. The molecule has 1 aromatic heterocycles. The third kappa shape index (κ3) is 3.44. The van der Waals surface area contributed by atoms with Crippen LogP contribution in [0.4, 0.5) is 0 Å². The zero-order valence-electron chi connectivity index (χ0n) is 21.3. The Balaban J connectivity index is 1.60. The number of hydrogen-bond donors (Lipinski definition) is 0. The van der Waals surface area contributed by atoms with E-state index in [1.807, 2.05) is 11.3 Å². The minimum absolute atomic E-state index is 1.24. The first-order chi connectivity index (χ1) is 19.4. The summed E-state index contributed by atoms with van der Waals surface area (Å²) in [5, 5.41) is 7.83. The van der Waals surface area contributed by atoms with Crippen molar-refractivity contribution < 1.29 is 0 Å². The molecule has 1 heterocycles. The first kappa shape index (κ1) is 22.3. The standard InChI is InChI=1S/C38H24S/c1-3-13-25(14-4-1)35-28-18-7-8-19-29(28)36(26-15-5-2-6-16-26)37-30(20-11-23-33(35)37)32-22-12-21-31-27-17-9-10-24-34(27)39-38(31)32/h1-24H. The number of benzene rings is 7. The van der Waals surface area contributed by atoms with Gasteiger partial charge in [-0.15, -0.1) is 11.3 Å². The van der Waals surface area contributed by atoms with E-state index in [1.54, 1.807) is 0 Å². The van der Waals surface area contributed by atoms with E-state index in [1.165, 1.54) is 75.1 Å². The molecular weight excluding hydrogens is 488 g/mol. The third-order valence-electron chi connectivity index (χ3n) is 7.87. The Kier molecular flexibility index (Phi) is 5.11. The summed E-state index contributed by atoms with van der Waals surface area (Å²) in [7, 11) is 0. The molecule has 0 amide bonds. The number of hydrogen-bond acceptors (Lipinski definition) is 1. The molecule has 0 atom stereocenters. The van der Waals surface area contributed by atoms with E-state index >= 15 is 0 Å². The predicted octanol–water partition coefficient (Wildman–Crippen LogP) is 11.4. The fraction of sp³-hybridized carbons (Fsp3) is 0. The number of thiophene rings is 1. The monoisotopic (exact) mass is 512 g/mol. The molecule has 182 valence electrons. The lowest BCUT2D eigenvalue weighted by molar-refractivity contribution is 1.64. The summed E-state index contributed by atoms with van der Waals surface area (Å²) < 4.78 is 2.68. The molecule has 0 radical (unpaired) electrons. The van der Waals surface area contributed by atoms with E-state index in [0.717, 1.165) is 0 Å². The Morgan fingerprint density at radius 3 is 1.56 bits per heavy atom. The van der Waals surface area contributed by atoms with Gasteiger partial charge >= 0.3 is 0 Å². The van der Waals surface area contributed by atoms with E-state index in [4.69, 9.17) is 0 Å². The van der Waals surface area contributed by atoms with Crippen LogP contribution in [0.25, 0.3) is 75.1 Å². The van der Waals surface area contributed by atoms with Crippen molar-refractivity contribution in [2.45, 2.75) is 0 Å². The molecule has 0 fully saturated rings. The third-order valence-corrected chi connectivity index (χ3v) is 9.09. The molecule has 0 saturated carbocycles. The number of rotatable bonds is 3. The topological polar surface area (TPSA) is 0 Å². The van der Waals surface area contributed by atoms with E-state index < -0.39 is 0 Å². The Hall–Kier alpha value is -4.72. The lowest BCUT2D eigenvalue weighted by atomic mass is 9.83. The van der Waals surface area contributed by atoms with Crippen molar-refractivity contribution in [3.05, 3.63) is 146 Å². The van der Waals surface area contributed by atoms with Crippen LogP contribution in [0, 0.1) is 0 Å². The summed E-state index contributed by atoms with van der Waals surface area (Å²) in [6, 6.07) is 53.1. The van der Waals surface area contributed by atoms with Gasteiger partial charge in [-0.3, -0.25) is 0 Å². The van der Waals surface area contributed by atoms with E-state index in [-0.39, 0.29) is 0 Å². The Morgan fingerprint density at radius 2 is 0.846 bits per heavy atom. The van der Waals surface area contributed by atoms with Crippen LogP contribution < -0.4 is 0 Å². The van der Waals surface area contributed by atoms with Gasteiger partial charge in [-0.25, -0.2) is 0 Å². The van der Waals surface area contributed by atoms with Crippen molar-refractivity contribution >= 4 is 53.1 Å². The van der Waals surface area contributed by atoms with Crippen LogP contribution in [-0.2, 0) is 0 Å². The molecule has 0 nitrogen and oxygen atoms in total. The smallest absolute Gasteiger partial charge is 0.0434 e. The molecule has 7 aromatic carbocycles. The van der Waals surface area contributed by atoms with Gasteiger partial charge in [0.05, 0.1) is 0 Å². The normalized spacial score (nSPS) is 11.6. The SMILES string of the molecule is c1ccc(-c2c3ccccc3c(-c3ccccc3)c3c(-c4cccc5c4sc4ccccc45)cccc23)cc1. The van der Waals surface area contributed by atoms with Crippen molar-refractivity contribution in [2.24, 2.45) is 0 Å². The maximum atomic E-state index is 2.32. The Morgan fingerprint density at radius 1 is 0.333 bits per heavy atom. The summed E-state index contributed by atoms with van der Waals surface area (Å²) in [5.41, 5.74) is 7.67. The van der Waals surface area contributed by atoms with Gasteiger partial charge in [0.15, 0.2) is 0 Å². The summed E-state index contributed by atoms with van der Waals surface area (Å²) in [6.07, 6.45) is 0. The molecule has 8 aromatic rings. The lowest BCUT2D eigenvalue weighted by Gasteiger charge is -2.20. The molecule has 0 spiro atoms. The molecule has 8 rings (SSSR count). The molecule has 0 aliphatic heterocycles. The Labute approximate surface area is 231 Å². The zero-order chi connectivity index (χ0) is 25.8. The molecule has 0 aliphatic rings. The van der Waals surface area contributed by atoms with Crippen molar-refractivity contribution in [3.8, 4) is 33.4 Å². The van der Waals surface area contributed by atoms with Crippen molar-refractivity contribution in [1.29, 1.82) is 0 Å². The van der Waals surface area contributed by atoms with Crippen LogP contribution in [-0.4, -0.2) is 0 Å². The highest BCUT2D eigenvalue weighted by atomic mass is 32.1. The van der Waals surface area contributed by atoms with E-state index in [9.17, 15) is 0 Å². The molecule has 0 aliphatic carbocycles. The minimum Gasteiger partial charge on any atom is -0.135 e. The first-order valence-corrected chi connectivity index (χ1v) is 14.2. The van der Waals surface area contributed by atoms with Crippen LogP contribution in [0.5, 0.6) is 0 Å². The average Bonchev–Trinajstić information content (AvgIpc) is 3.39. The molecule has 1 heteroatoms. The lowest BCUT2D eigenvalue weighted by Crippen LogP contribution is -1.93. The van der Waals surface area contributed by atoms with Gasteiger partial charge in [-0.05, 0) is 55.4 Å². The molecule has 0 saturated heterocycles. The van der Waals surface area contributed by atoms with Gasteiger partial charge in [0.1, 0.15) is 0 Å². The fourth-order valence-electron chi connectivity index (χ4n) is 6.23. The summed E-state index contributed by atoms with van der Waals surface area (Å²) in [6.45, 7) is 0. The largest absolute Gasteiger partial charge is 0.135 e. The molecule has 0 bridgehead atoms. The molecule has 0 N–H and O–H groups in total. The second kappa shape index (κ2) is 8.94. The van der Waals surface area contributed by atoms with Crippen LogP contribution in [0.3, 0.4) is 0 Å². The summed E-state index contributed by atoms with van der Waals surface area (Å²) in [5.74, 6) is 0. The summed E-state index contributed by atoms with van der Waals surface area (Å²) >= 11 is 1.90.